The molecule has 0 saturated heterocycles. The molecule has 1 aliphatic heterocycles. The van der Waals surface area contributed by atoms with Crippen LogP contribution in [0.3, 0.4) is 0 Å². The first-order chi connectivity index (χ1) is 17.3. The summed E-state index contributed by atoms with van der Waals surface area (Å²) in [5.41, 5.74) is 9.48. The zero-order valence-corrected chi connectivity index (χ0v) is 22.0. The van der Waals surface area contributed by atoms with Crippen molar-refractivity contribution in [3.05, 3.63) is 93.5 Å². The highest BCUT2D eigenvalue weighted by Gasteiger charge is 2.25. The van der Waals surface area contributed by atoms with Gasteiger partial charge in [-0.15, -0.1) is 0 Å². The highest BCUT2D eigenvalue weighted by atomic mass is 32.2. The minimum atomic E-state index is -0.0627. The lowest BCUT2D eigenvalue weighted by Gasteiger charge is -2.22. The van der Waals surface area contributed by atoms with E-state index in [4.69, 9.17) is 14.7 Å². The number of benzene rings is 3. The van der Waals surface area contributed by atoms with Gasteiger partial charge < -0.3 is 10.1 Å². The summed E-state index contributed by atoms with van der Waals surface area (Å²) in [7, 11) is 0. The van der Waals surface area contributed by atoms with Crippen molar-refractivity contribution in [2.75, 3.05) is 11.1 Å². The van der Waals surface area contributed by atoms with Crippen LogP contribution in [0, 0.1) is 34.6 Å². The van der Waals surface area contributed by atoms with Crippen LogP contribution in [-0.4, -0.2) is 21.6 Å². The summed E-state index contributed by atoms with van der Waals surface area (Å²) < 4.78 is 6.24. The lowest BCUT2D eigenvalue weighted by Crippen LogP contribution is -2.17. The Hall–Kier alpha value is -3.64. The van der Waals surface area contributed by atoms with Crippen LogP contribution in [0.5, 0.6) is 11.6 Å². The first-order valence-electron chi connectivity index (χ1n) is 12.0. The van der Waals surface area contributed by atoms with Gasteiger partial charge in [0.2, 0.25) is 11.8 Å². The Kier molecular flexibility index (Phi) is 6.54. The van der Waals surface area contributed by atoms with Gasteiger partial charge in [0.1, 0.15) is 10.8 Å². The van der Waals surface area contributed by atoms with E-state index < -0.39 is 0 Å². The molecule has 0 aliphatic carbocycles. The van der Waals surface area contributed by atoms with Crippen molar-refractivity contribution in [2.45, 2.75) is 46.1 Å². The van der Waals surface area contributed by atoms with Crippen LogP contribution in [0.15, 0.2) is 59.6 Å². The predicted molar refractivity (Wildman–Crippen MR) is 146 cm³/mol. The second-order valence-electron chi connectivity index (χ2n) is 9.50. The van der Waals surface area contributed by atoms with E-state index >= 15 is 0 Å². The molecule has 2 heterocycles. The molecule has 1 aromatic heterocycles. The summed E-state index contributed by atoms with van der Waals surface area (Å²) >= 11 is 1.42. The Morgan fingerprint density at radius 3 is 2.31 bits per heavy atom. The molecule has 0 fully saturated rings. The number of anilines is 1. The molecule has 0 atom stereocenters. The van der Waals surface area contributed by atoms with Crippen molar-refractivity contribution in [3.8, 4) is 23.0 Å². The van der Waals surface area contributed by atoms with Crippen LogP contribution in [0.1, 0.15) is 38.9 Å². The molecule has 4 aromatic rings. The number of amides is 1. The number of hydrogen-bond acceptors (Lipinski definition) is 5. The number of fused-ring (bicyclic) bond motifs is 2. The number of thioether (sulfide) groups is 1. The molecule has 0 bridgehead atoms. The number of aromatic nitrogens is 2. The van der Waals surface area contributed by atoms with Crippen molar-refractivity contribution < 1.29 is 9.53 Å². The number of nitrogens with one attached hydrogen (secondary N) is 1. The fourth-order valence-electron chi connectivity index (χ4n) is 4.56. The summed E-state index contributed by atoms with van der Waals surface area (Å²) in [4.78, 5) is 22.6. The van der Waals surface area contributed by atoms with Crippen LogP contribution in [-0.2, 0) is 11.2 Å². The molecule has 6 heteroatoms. The number of aryl methyl sites for hydroxylation is 5. The van der Waals surface area contributed by atoms with Crippen LogP contribution in [0.2, 0.25) is 0 Å². The third-order valence-corrected chi connectivity index (χ3v) is 7.33. The average molecular weight is 496 g/mol. The second kappa shape index (κ2) is 9.78. The van der Waals surface area contributed by atoms with Gasteiger partial charge in [-0.1, -0.05) is 77.0 Å². The smallest absolute Gasteiger partial charge is 0.234 e. The fourth-order valence-corrected chi connectivity index (χ4v) is 5.38. The summed E-state index contributed by atoms with van der Waals surface area (Å²) in [6.07, 6.45) is 0.667. The molecule has 3 aromatic carbocycles. The molecule has 5 nitrogen and oxygen atoms in total. The van der Waals surface area contributed by atoms with Crippen LogP contribution in [0.4, 0.5) is 5.69 Å². The number of rotatable bonds is 5. The largest absolute Gasteiger partial charge is 0.438 e. The lowest BCUT2D eigenvalue weighted by atomic mass is 10.0. The minimum Gasteiger partial charge on any atom is -0.438 e. The van der Waals surface area contributed by atoms with E-state index in [1.165, 1.54) is 28.5 Å². The number of nitrogens with zero attached hydrogens (tertiary/aromatic N) is 2. The molecular formula is C30H29N3O2S. The quantitative estimate of drug-likeness (QED) is 0.208. The van der Waals surface area contributed by atoms with Gasteiger partial charge in [0.05, 0.1) is 11.3 Å². The maximum atomic E-state index is 13.0. The Labute approximate surface area is 216 Å². The monoisotopic (exact) mass is 495 g/mol. The van der Waals surface area contributed by atoms with E-state index in [-0.39, 0.29) is 11.7 Å². The molecular weight excluding hydrogens is 466 g/mol. The normalized spacial score (nSPS) is 11.9. The molecule has 182 valence electrons. The van der Waals surface area contributed by atoms with E-state index in [9.17, 15) is 4.79 Å². The number of hydrogen-bond donors (Lipinski definition) is 1. The summed E-state index contributed by atoms with van der Waals surface area (Å²) in [6.45, 7) is 10.2. The number of ether oxygens (including phenoxy) is 1. The Morgan fingerprint density at radius 2 is 1.58 bits per heavy atom. The van der Waals surface area contributed by atoms with Gasteiger partial charge in [0.25, 0.3) is 0 Å². The number of carbonyl (C=O) groups excluding carboxylic acids is 1. The lowest BCUT2D eigenvalue weighted by molar-refractivity contribution is -0.113. The third-order valence-electron chi connectivity index (χ3n) is 6.31. The molecule has 1 N–H and O–H groups in total. The van der Waals surface area contributed by atoms with Crippen molar-refractivity contribution in [1.29, 1.82) is 0 Å². The average Bonchev–Trinajstić information content (AvgIpc) is 2.84. The first-order valence-corrected chi connectivity index (χ1v) is 13.0. The Morgan fingerprint density at radius 1 is 0.889 bits per heavy atom. The molecule has 0 saturated carbocycles. The molecule has 0 unspecified atom stereocenters. The van der Waals surface area contributed by atoms with Crippen molar-refractivity contribution in [2.24, 2.45) is 0 Å². The standard InChI is InChI=1S/C30H29N3O2S/c1-17-6-9-22(10-7-17)28-32-29-24(15-23-14-18(2)8-11-25(23)35-29)30(33-28)36-16-26(34)31-27-20(4)12-19(3)13-21(27)5/h6-14H,15-16H2,1-5H3,(H,31,34). The van der Waals surface area contributed by atoms with Crippen LogP contribution >= 0.6 is 11.8 Å². The van der Waals surface area contributed by atoms with Crippen LogP contribution in [0.25, 0.3) is 11.4 Å². The summed E-state index contributed by atoms with van der Waals surface area (Å²) in [6, 6.07) is 18.5. The molecule has 36 heavy (non-hydrogen) atoms. The van der Waals surface area contributed by atoms with Gasteiger partial charge in [-0.3, -0.25) is 4.79 Å². The molecule has 0 radical (unpaired) electrons. The van der Waals surface area contributed by atoms with Gasteiger partial charge in [-0.05, 0) is 57.4 Å². The van der Waals surface area contributed by atoms with E-state index in [0.717, 1.165) is 44.3 Å². The van der Waals surface area contributed by atoms with Crippen molar-refractivity contribution in [1.82, 2.24) is 9.97 Å². The first kappa shape index (κ1) is 24.1. The van der Waals surface area contributed by atoms with Crippen molar-refractivity contribution >= 4 is 23.4 Å². The van der Waals surface area contributed by atoms with Gasteiger partial charge in [-0.25, -0.2) is 4.98 Å². The maximum Gasteiger partial charge on any atom is 0.234 e. The zero-order chi connectivity index (χ0) is 25.4. The van der Waals surface area contributed by atoms with Gasteiger partial charge in [0.15, 0.2) is 5.82 Å². The zero-order valence-electron chi connectivity index (χ0n) is 21.2. The highest BCUT2D eigenvalue weighted by Crippen LogP contribution is 2.40. The molecule has 1 aliphatic rings. The Bertz CT molecular complexity index is 1460. The molecule has 5 rings (SSSR count). The molecule has 0 spiro atoms. The minimum absolute atomic E-state index is 0.0627. The second-order valence-corrected chi connectivity index (χ2v) is 10.5. The van der Waals surface area contributed by atoms with Gasteiger partial charge in [0, 0.05) is 17.7 Å². The van der Waals surface area contributed by atoms with E-state index in [1.54, 1.807) is 0 Å². The van der Waals surface area contributed by atoms with Gasteiger partial charge >= 0.3 is 0 Å². The SMILES string of the molecule is Cc1ccc(-c2nc3c(c(SCC(=O)Nc4c(C)cc(C)cc4C)n2)Cc2cc(C)ccc2O3)cc1. The predicted octanol–water partition coefficient (Wildman–Crippen LogP) is 7.11. The fraction of sp³-hybridized carbons (Fsp3) is 0.233. The molecule has 1 amide bonds. The Balaban J connectivity index is 1.45. The van der Waals surface area contributed by atoms with Gasteiger partial charge in [-0.2, -0.15) is 4.98 Å². The van der Waals surface area contributed by atoms with E-state index in [2.05, 4.69) is 44.3 Å². The van der Waals surface area contributed by atoms with Crippen LogP contribution < -0.4 is 10.1 Å². The highest BCUT2D eigenvalue weighted by molar-refractivity contribution is 8.00. The van der Waals surface area contributed by atoms with Crippen molar-refractivity contribution in [3.63, 3.8) is 0 Å². The third kappa shape index (κ3) is 5.00. The van der Waals surface area contributed by atoms with E-state index in [0.29, 0.717) is 18.1 Å². The summed E-state index contributed by atoms with van der Waals surface area (Å²) in [5, 5.41) is 3.87. The number of carbonyl (C=O) groups is 1. The topological polar surface area (TPSA) is 64.1 Å². The van der Waals surface area contributed by atoms with E-state index in [1.807, 2.05) is 50.2 Å². The maximum absolute atomic E-state index is 13.0. The summed E-state index contributed by atoms with van der Waals surface area (Å²) in [5.74, 6) is 2.15.